The molecular weight excluding hydrogens is 212 g/mol. The van der Waals surface area contributed by atoms with E-state index < -0.39 is 0 Å². The maximum Gasteiger partial charge on any atom is 0.123 e. The summed E-state index contributed by atoms with van der Waals surface area (Å²) in [6.45, 7) is 0.626. The normalized spacial score (nSPS) is 12.5. The second kappa shape index (κ2) is 5.95. The van der Waals surface area contributed by atoms with Gasteiger partial charge in [-0.3, -0.25) is 0 Å². The lowest BCUT2D eigenvalue weighted by Gasteiger charge is -2.18. The topological polar surface area (TPSA) is 47.3 Å². The molecule has 3 nitrogen and oxygen atoms in total. The van der Waals surface area contributed by atoms with Crippen LogP contribution < -0.4 is 15.8 Å². The molecule has 0 aliphatic rings. The minimum absolute atomic E-state index is 0.184. The average Bonchev–Trinajstić information content (AvgIpc) is 2.26. The first-order chi connectivity index (χ1) is 7.22. The van der Waals surface area contributed by atoms with Gasteiger partial charge in [-0.1, -0.05) is 11.6 Å². The number of hydrogen-bond acceptors (Lipinski definition) is 3. The van der Waals surface area contributed by atoms with Crippen LogP contribution in [0.5, 0.6) is 5.75 Å². The third-order valence-corrected chi connectivity index (χ3v) is 2.61. The number of nitrogens with one attached hydrogen (secondary N) is 1. The van der Waals surface area contributed by atoms with E-state index in [0.717, 1.165) is 17.7 Å². The average molecular weight is 229 g/mol. The Hall–Kier alpha value is -0.770. The van der Waals surface area contributed by atoms with Crippen molar-refractivity contribution in [1.82, 2.24) is 5.32 Å². The summed E-state index contributed by atoms with van der Waals surface area (Å²) in [5.74, 6) is 0.840. The molecule has 1 aromatic rings. The summed E-state index contributed by atoms with van der Waals surface area (Å²) in [5.41, 5.74) is 6.61. The molecule has 0 aromatic heterocycles. The first-order valence-corrected chi connectivity index (χ1v) is 5.31. The third kappa shape index (κ3) is 3.09. The molecular formula is C11H17ClN2O. The van der Waals surface area contributed by atoms with E-state index in [9.17, 15) is 0 Å². The molecule has 0 saturated heterocycles. The van der Waals surface area contributed by atoms with Gasteiger partial charge in [-0.25, -0.2) is 0 Å². The fourth-order valence-corrected chi connectivity index (χ4v) is 1.78. The number of halogens is 1. The molecule has 0 amide bonds. The van der Waals surface area contributed by atoms with Gasteiger partial charge in [-0.15, -0.1) is 0 Å². The van der Waals surface area contributed by atoms with Crippen LogP contribution in [0.1, 0.15) is 18.0 Å². The van der Waals surface area contributed by atoms with Gasteiger partial charge in [0, 0.05) is 16.6 Å². The fourth-order valence-electron chi connectivity index (χ4n) is 1.60. The molecule has 15 heavy (non-hydrogen) atoms. The second-order valence-corrected chi connectivity index (χ2v) is 3.74. The predicted molar refractivity (Wildman–Crippen MR) is 63.5 cm³/mol. The Kier molecular flexibility index (Phi) is 4.88. The SMILES string of the molecule is CNC(CCN)c1cc(Cl)ccc1OC. The monoisotopic (exact) mass is 228 g/mol. The molecule has 84 valence electrons. The summed E-state index contributed by atoms with van der Waals surface area (Å²) in [4.78, 5) is 0. The number of nitrogens with two attached hydrogens (primary N) is 1. The van der Waals surface area contributed by atoms with Gasteiger partial charge in [-0.2, -0.15) is 0 Å². The van der Waals surface area contributed by atoms with Crippen LogP contribution in [-0.2, 0) is 0 Å². The summed E-state index contributed by atoms with van der Waals surface area (Å²) >= 11 is 5.96. The van der Waals surface area contributed by atoms with Gasteiger partial charge in [0.15, 0.2) is 0 Å². The summed E-state index contributed by atoms with van der Waals surface area (Å²) in [6.07, 6.45) is 0.854. The van der Waals surface area contributed by atoms with Crippen LogP contribution in [0.3, 0.4) is 0 Å². The van der Waals surface area contributed by atoms with E-state index >= 15 is 0 Å². The molecule has 0 aliphatic heterocycles. The van der Waals surface area contributed by atoms with Crippen LogP contribution in [0.4, 0.5) is 0 Å². The third-order valence-electron chi connectivity index (χ3n) is 2.37. The number of rotatable bonds is 5. The molecule has 1 aromatic carbocycles. The summed E-state index contributed by atoms with van der Waals surface area (Å²) in [6, 6.07) is 5.79. The van der Waals surface area contributed by atoms with E-state index in [1.807, 2.05) is 25.2 Å². The highest BCUT2D eigenvalue weighted by atomic mass is 35.5. The number of ether oxygens (including phenoxy) is 1. The first-order valence-electron chi connectivity index (χ1n) is 4.93. The molecule has 1 atom stereocenters. The quantitative estimate of drug-likeness (QED) is 0.810. The number of methoxy groups -OCH3 is 1. The highest BCUT2D eigenvalue weighted by Crippen LogP contribution is 2.29. The van der Waals surface area contributed by atoms with Crippen molar-refractivity contribution >= 4 is 11.6 Å². The Balaban J connectivity index is 3.02. The van der Waals surface area contributed by atoms with Gasteiger partial charge in [0.05, 0.1) is 7.11 Å². The highest BCUT2D eigenvalue weighted by Gasteiger charge is 2.13. The van der Waals surface area contributed by atoms with Gasteiger partial charge in [-0.05, 0) is 38.2 Å². The zero-order chi connectivity index (χ0) is 11.3. The lowest BCUT2D eigenvalue weighted by molar-refractivity contribution is 0.399. The lowest BCUT2D eigenvalue weighted by Crippen LogP contribution is -2.20. The standard InChI is InChI=1S/C11H17ClN2O/c1-14-10(5-6-13)9-7-8(12)3-4-11(9)15-2/h3-4,7,10,14H,5-6,13H2,1-2H3. The van der Waals surface area contributed by atoms with Gasteiger partial charge in [0.1, 0.15) is 5.75 Å². The second-order valence-electron chi connectivity index (χ2n) is 3.30. The first kappa shape index (κ1) is 12.3. The Morgan fingerprint density at radius 2 is 2.27 bits per heavy atom. The van der Waals surface area contributed by atoms with E-state index in [2.05, 4.69) is 5.32 Å². The van der Waals surface area contributed by atoms with Crippen molar-refractivity contribution < 1.29 is 4.74 Å². The van der Waals surface area contributed by atoms with Crippen molar-refractivity contribution in [2.75, 3.05) is 20.7 Å². The molecule has 1 unspecified atom stereocenters. The van der Waals surface area contributed by atoms with Crippen molar-refractivity contribution in [3.63, 3.8) is 0 Å². The van der Waals surface area contributed by atoms with Crippen LogP contribution in [0, 0.1) is 0 Å². The Morgan fingerprint density at radius 1 is 1.53 bits per heavy atom. The largest absolute Gasteiger partial charge is 0.496 e. The molecule has 0 bridgehead atoms. The van der Waals surface area contributed by atoms with Crippen LogP contribution in [-0.4, -0.2) is 20.7 Å². The van der Waals surface area contributed by atoms with Gasteiger partial charge >= 0.3 is 0 Å². The number of benzene rings is 1. The molecule has 0 fully saturated rings. The van der Waals surface area contributed by atoms with Gasteiger partial charge in [0.2, 0.25) is 0 Å². The molecule has 4 heteroatoms. The van der Waals surface area contributed by atoms with Crippen molar-refractivity contribution in [2.45, 2.75) is 12.5 Å². The zero-order valence-electron chi connectivity index (χ0n) is 9.09. The van der Waals surface area contributed by atoms with Crippen molar-refractivity contribution in [1.29, 1.82) is 0 Å². The molecule has 0 heterocycles. The van der Waals surface area contributed by atoms with Crippen LogP contribution >= 0.6 is 11.6 Å². The Bertz CT molecular complexity index is 317. The molecule has 3 N–H and O–H groups in total. The maximum atomic E-state index is 5.96. The zero-order valence-corrected chi connectivity index (χ0v) is 9.84. The van der Waals surface area contributed by atoms with Crippen LogP contribution in [0.25, 0.3) is 0 Å². The van der Waals surface area contributed by atoms with Crippen molar-refractivity contribution in [3.05, 3.63) is 28.8 Å². The molecule has 1 rings (SSSR count). The van der Waals surface area contributed by atoms with Gasteiger partial charge < -0.3 is 15.8 Å². The fraction of sp³-hybridized carbons (Fsp3) is 0.455. The lowest BCUT2D eigenvalue weighted by atomic mass is 10.0. The van der Waals surface area contributed by atoms with E-state index in [-0.39, 0.29) is 6.04 Å². The minimum Gasteiger partial charge on any atom is -0.496 e. The summed E-state index contributed by atoms with van der Waals surface area (Å²) < 4.78 is 5.29. The van der Waals surface area contributed by atoms with E-state index in [1.165, 1.54) is 0 Å². The predicted octanol–water partition coefficient (Wildman–Crippen LogP) is 1.96. The Labute approximate surface area is 95.6 Å². The van der Waals surface area contributed by atoms with Crippen LogP contribution in [0.15, 0.2) is 18.2 Å². The maximum absolute atomic E-state index is 5.96. The van der Waals surface area contributed by atoms with Gasteiger partial charge in [0.25, 0.3) is 0 Å². The molecule has 0 radical (unpaired) electrons. The molecule has 0 spiro atoms. The number of hydrogen-bond donors (Lipinski definition) is 2. The van der Waals surface area contributed by atoms with Crippen molar-refractivity contribution in [3.8, 4) is 5.75 Å². The minimum atomic E-state index is 0.184. The van der Waals surface area contributed by atoms with E-state index in [1.54, 1.807) is 7.11 Å². The van der Waals surface area contributed by atoms with E-state index in [0.29, 0.717) is 11.6 Å². The van der Waals surface area contributed by atoms with Crippen LogP contribution in [0.2, 0.25) is 5.02 Å². The van der Waals surface area contributed by atoms with Crippen molar-refractivity contribution in [2.24, 2.45) is 5.73 Å². The smallest absolute Gasteiger partial charge is 0.123 e. The Morgan fingerprint density at radius 3 is 2.80 bits per heavy atom. The highest BCUT2D eigenvalue weighted by molar-refractivity contribution is 6.30. The van der Waals surface area contributed by atoms with E-state index in [4.69, 9.17) is 22.1 Å². The summed E-state index contributed by atoms with van der Waals surface area (Å²) in [5, 5.41) is 3.91. The molecule has 0 aliphatic carbocycles. The molecule has 0 saturated carbocycles. The summed E-state index contributed by atoms with van der Waals surface area (Å²) in [7, 11) is 3.56.